The molecule has 4 nitrogen and oxygen atoms in total. The van der Waals surface area contributed by atoms with E-state index in [4.69, 9.17) is 11.6 Å². The fourth-order valence-electron chi connectivity index (χ4n) is 1.84. The normalized spacial score (nSPS) is 10.5. The van der Waals surface area contributed by atoms with E-state index in [0.717, 1.165) is 5.56 Å². The van der Waals surface area contributed by atoms with Crippen LogP contribution in [-0.2, 0) is 4.79 Å². The molecular formula is C17H15ClN2O2. The summed E-state index contributed by atoms with van der Waals surface area (Å²) >= 11 is 5.80. The maximum absolute atomic E-state index is 12.0. The largest absolute Gasteiger partial charge is 0.355 e. The van der Waals surface area contributed by atoms with Gasteiger partial charge in [-0.3, -0.25) is 9.59 Å². The average Bonchev–Trinajstić information content (AvgIpc) is 2.54. The molecule has 0 saturated heterocycles. The predicted octanol–water partition coefficient (Wildman–Crippen LogP) is 3.35. The van der Waals surface area contributed by atoms with Crippen molar-refractivity contribution in [2.75, 3.05) is 12.4 Å². The van der Waals surface area contributed by atoms with Crippen molar-refractivity contribution >= 4 is 35.2 Å². The monoisotopic (exact) mass is 314 g/mol. The Morgan fingerprint density at radius 2 is 1.73 bits per heavy atom. The number of halogens is 1. The van der Waals surface area contributed by atoms with Crippen LogP contribution in [0, 0.1) is 0 Å². The number of benzene rings is 2. The van der Waals surface area contributed by atoms with E-state index in [1.54, 1.807) is 49.5 Å². The highest BCUT2D eigenvalue weighted by atomic mass is 35.5. The molecule has 2 aromatic carbocycles. The molecule has 2 aromatic rings. The van der Waals surface area contributed by atoms with Crippen molar-refractivity contribution in [1.82, 2.24) is 5.32 Å². The minimum absolute atomic E-state index is 0.252. The second-order valence-corrected chi connectivity index (χ2v) is 4.94. The average molecular weight is 315 g/mol. The molecule has 22 heavy (non-hydrogen) atoms. The zero-order chi connectivity index (χ0) is 15.9. The summed E-state index contributed by atoms with van der Waals surface area (Å²) in [4.78, 5) is 23.7. The second-order valence-electron chi connectivity index (χ2n) is 4.50. The smallest absolute Gasteiger partial charge is 0.253 e. The van der Waals surface area contributed by atoms with Crippen molar-refractivity contribution in [3.05, 3.63) is 70.8 Å². The number of amides is 2. The lowest BCUT2D eigenvalue weighted by atomic mass is 10.1. The van der Waals surface area contributed by atoms with Crippen LogP contribution in [0.2, 0.25) is 5.02 Å². The van der Waals surface area contributed by atoms with Crippen LogP contribution in [0.3, 0.4) is 0 Å². The van der Waals surface area contributed by atoms with Crippen LogP contribution in [0.5, 0.6) is 0 Å². The topological polar surface area (TPSA) is 58.2 Å². The molecule has 2 rings (SSSR count). The van der Waals surface area contributed by atoms with E-state index in [0.29, 0.717) is 16.3 Å². The summed E-state index contributed by atoms with van der Waals surface area (Å²) in [5, 5.41) is 5.87. The van der Waals surface area contributed by atoms with Gasteiger partial charge in [-0.1, -0.05) is 35.9 Å². The molecule has 0 heterocycles. The lowest BCUT2D eigenvalue weighted by Crippen LogP contribution is -2.20. The highest BCUT2D eigenvalue weighted by Gasteiger charge is 2.10. The first-order chi connectivity index (χ1) is 10.6. The van der Waals surface area contributed by atoms with Crippen molar-refractivity contribution in [2.24, 2.45) is 0 Å². The minimum Gasteiger partial charge on any atom is -0.355 e. The summed E-state index contributed by atoms with van der Waals surface area (Å²) in [7, 11) is 1.54. The molecule has 0 atom stereocenters. The Morgan fingerprint density at radius 1 is 1.05 bits per heavy atom. The Hall–Kier alpha value is -2.59. The standard InChI is InChI=1S/C17H15ClN2O2/c1-19-17(22)14-4-2-3-5-15(14)20-16(21)11-8-12-6-9-13(18)10-7-12/h2-11H,1H3,(H,19,22)(H,20,21)/b11-8+. The van der Waals surface area contributed by atoms with Crippen LogP contribution < -0.4 is 10.6 Å². The summed E-state index contributed by atoms with van der Waals surface area (Å²) in [5.41, 5.74) is 1.74. The first-order valence-electron chi connectivity index (χ1n) is 6.66. The summed E-state index contributed by atoms with van der Waals surface area (Å²) in [5.74, 6) is -0.566. The van der Waals surface area contributed by atoms with Crippen molar-refractivity contribution in [1.29, 1.82) is 0 Å². The number of hydrogen-bond acceptors (Lipinski definition) is 2. The van der Waals surface area contributed by atoms with Gasteiger partial charge in [-0.15, -0.1) is 0 Å². The number of carbonyl (C=O) groups excluding carboxylic acids is 2. The van der Waals surface area contributed by atoms with Crippen molar-refractivity contribution < 1.29 is 9.59 Å². The van der Waals surface area contributed by atoms with Gasteiger partial charge in [-0.2, -0.15) is 0 Å². The maximum atomic E-state index is 12.0. The third kappa shape index (κ3) is 4.20. The van der Waals surface area contributed by atoms with Crippen LogP contribution in [-0.4, -0.2) is 18.9 Å². The number of carbonyl (C=O) groups is 2. The van der Waals surface area contributed by atoms with Crippen LogP contribution in [0.15, 0.2) is 54.6 Å². The molecule has 0 unspecified atom stereocenters. The van der Waals surface area contributed by atoms with E-state index in [1.165, 1.54) is 6.08 Å². The molecule has 0 aliphatic rings. The molecule has 0 saturated carbocycles. The molecule has 0 fully saturated rings. The Kier molecular flexibility index (Phi) is 5.33. The van der Waals surface area contributed by atoms with E-state index in [1.807, 2.05) is 12.1 Å². The highest BCUT2D eigenvalue weighted by molar-refractivity contribution is 6.30. The van der Waals surface area contributed by atoms with Crippen LogP contribution in [0.4, 0.5) is 5.69 Å². The van der Waals surface area contributed by atoms with Crippen LogP contribution in [0.1, 0.15) is 15.9 Å². The number of para-hydroxylation sites is 1. The Balaban J connectivity index is 2.09. The van der Waals surface area contributed by atoms with Gasteiger partial charge in [-0.25, -0.2) is 0 Å². The molecule has 0 bridgehead atoms. The van der Waals surface area contributed by atoms with Crippen molar-refractivity contribution in [3.63, 3.8) is 0 Å². The Morgan fingerprint density at radius 3 is 2.41 bits per heavy atom. The zero-order valence-electron chi connectivity index (χ0n) is 12.0. The molecule has 5 heteroatoms. The van der Waals surface area contributed by atoms with Gasteiger partial charge in [0.25, 0.3) is 5.91 Å². The van der Waals surface area contributed by atoms with E-state index in [2.05, 4.69) is 10.6 Å². The van der Waals surface area contributed by atoms with Gasteiger partial charge in [0, 0.05) is 18.1 Å². The first kappa shape index (κ1) is 15.8. The van der Waals surface area contributed by atoms with Crippen LogP contribution >= 0.6 is 11.6 Å². The third-order valence-electron chi connectivity index (χ3n) is 2.95. The summed E-state index contributed by atoms with van der Waals surface area (Å²) < 4.78 is 0. The fraction of sp³-hybridized carbons (Fsp3) is 0.0588. The fourth-order valence-corrected chi connectivity index (χ4v) is 1.97. The minimum atomic E-state index is -0.314. The van der Waals surface area contributed by atoms with Gasteiger partial charge in [0.2, 0.25) is 5.91 Å². The molecule has 2 amide bonds. The number of anilines is 1. The zero-order valence-corrected chi connectivity index (χ0v) is 12.7. The second kappa shape index (κ2) is 7.43. The highest BCUT2D eigenvalue weighted by Crippen LogP contribution is 2.15. The van der Waals surface area contributed by atoms with Gasteiger partial charge < -0.3 is 10.6 Å². The number of hydrogen-bond donors (Lipinski definition) is 2. The van der Waals surface area contributed by atoms with Gasteiger partial charge in [0.05, 0.1) is 11.3 Å². The molecule has 0 aromatic heterocycles. The first-order valence-corrected chi connectivity index (χ1v) is 7.03. The van der Waals surface area contributed by atoms with Crippen molar-refractivity contribution in [2.45, 2.75) is 0 Å². The van der Waals surface area contributed by atoms with E-state index in [9.17, 15) is 9.59 Å². The lowest BCUT2D eigenvalue weighted by Gasteiger charge is -2.08. The molecular weight excluding hydrogens is 300 g/mol. The SMILES string of the molecule is CNC(=O)c1ccccc1NC(=O)/C=C/c1ccc(Cl)cc1. The van der Waals surface area contributed by atoms with E-state index in [-0.39, 0.29) is 11.8 Å². The third-order valence-corrected chi connectivity index (χ3v) is 3.21. The number of nitrogens with one attached hydrogen (secondary N) is 2. The van der Waals surface area contributed by atoms with E-state index >= 15 is 0 Å². The van der Waals surface area contributed by atoms with Gasteiger partial charge in [0.15, 0.2) is 0 Å². The molecule has 0 radical (unpaired) electrons. The molecule has 112 valence electrons. The van der Waals surface area contributed by atoms with Gasteiger partial charge >= 0.3 is 0 Å². The Labute approximate surface area is 133 Å². The van der Waals surface area contributed by atoms with Crippen molar-refractivity contribution in [3.8, 4) is 0 Å². The summed E-state index contributed by atoms with van der Waals surface area (Å²) in [6.07, 6.45) is 3.08. The quantitative estimate of drug-likeness (QED) is 0.850. The van der Waals surface area contributed by atoms with Crippen LogP contribution in [0.25, 0.3) is 6.08 Å². The molecule has 0 spiro atoms. The molecule has 0 aliphatic carbocycles. The predicted molar refractivity (Wildman–Crippen MR) is 88.9 cm³/mol. The molecule has 0 aliphatic heterocycles. The number of rotatable bonds is 4. The maximum Gasteiger partial charge on any atom is 0.253 e. The molecule has 2 N–H and O–H groups in total. The summed E-state index contributed by atoms with van der Waals surface area (Å²) in [6, 6.07) is 13.9. The van der Waals surface area contributed by atoms with E-state index < -0.39 is 0 Å². The Bertz CT molecular complexity index is 709. The van der Waals surface area contributed by atoms with Gasteiger partial charge in [-0.05, 0) is 35.9 Å². The lowest BCUT2D eigenvalue weighted by molar-refractivity contribution is -0.111. The van der Waals surface area contributed by atoms with Gasteiger partial charge in [0.1, 0.15) is 0 Å². The summed E-state index contributed by atoms with van der Waals surface area (Å²) in [6.45, 7) is 0.